The van der Waals surface area contributed by atoms with Crippen LogP contribution in [0.5, 0.6) is 5.75 Å². The zero-order chi connectivity index (χ0) is 27.1. The Morgan fingerprint density at radius 3 is 2.76 bits per heavy atom. The molecule has 1 aromatic carbocycles. The molecule has 2 aliphatic heterocycles. The number of nitrogens with one attached hydrogen (secondary N) is 1. The maximum atomic E-state index is 13.8. The lowest BCUT2D eigenvalue weighted by molar-refractivity contribution is -0.118. The summed E-state index contributed by atoms with van der Waals surface area (Å²) in [6.45, 7) is 4.96. The molecule has 3 aromatic rings. The molecule has 12 nitrogen and oxygen atoms in total. The molecule has 3 N–H and O–H groups in total. The Kier molecular flexibility index (Phi) is 6.66. The van der Waals surface area contributed by atoms with Crippen molar-refractivity contribution in [1.29, 1.82) is 0 Å². The highest BCUT2D eigenvalue weighted by Gasteiger charge is 2.28. The zero-order valence-corrected chi connectivity index (χ0v) is 21.7. The van der Waals surface area contributed by atoms with Gasteiger partial charge in [-0.1, -0.05) is 17.7 Å². The van der Waals surface area contributed by atoms with E-state index in [1.165, 1.54) is 17.7 Å². The van der Waals surface area contributed by atoms with Crippen molar-refractivity contribution in [2.24, 2.45) is 12.8 Å². The molecule has 5 rings (SSSR count). The fraction of sp³-hybridized carbons (Fsp3) is 0.423. The molecule has 0 spiro atoms. The summed E-state index contributed by atoms with van der Waals surface area (Å²) in [5.41, 5.74) is 6.89. The molecule has 1 unspecified atom stereocenters. The van der Waals surface area contributed by atoms with Crippen LogP contribution in [-0.4, -0.2) is 56.1 Å². The average molecular weight is 522 g/mol. The summed E-state index contributed by atoms with van der Waals surface area (Å²) in [4.78, 5) is 59.1. The number of hydrogen-bond donors (Lipinski definition) is 2. The van der Waals surface area contributed by atoms with Gasteiger partial charge in [-0.25, -0.2) is 4.79 Å². The Morgan fingerprint density at radius 1 is 1.24 bits per heavy atom. The number of para-hydroxylation sites is 1. The molecule has 0 bridgehead atoms. The van der Waals surface area contributed by atoms with Crippen LogP contribution < -0.4 is 31.9 Å². The van der Waals surface area contributed by atoms with Gasteiger partial charge in [0, 0.05) is 38.3 Å². The molecule has 0 saturated carbocycles. The van der Waals surface area contributed by atoms with Gasteiger partial charge in [-0.05, 0) is 38.8 Å². The molecule has 38 heavy (non-hydrogen) atoms. The van der Waals surface area contributed by atoms with E-state index in [9.17, 15) is 19.2 Å². The van der Waals surface area contributed by atoms with Gasteiger partial charge in [0.1, 0.15) is 5.75 Å². The van der Waals surface area contributed by atoms with E-state index < -0.39 is 23.6 Å². The van der Waals surface area contributed by atoms with E-state index >= 15 is 0 Å². The number of ketones is 1. The lowest BCUT2D eigenvalue weighted by Crippen LogP contribution is -2.44. The number of piperidine rings is 1. The average Bonchev–Trinajstić information content (AvgIpc) is 3.28. The number of aromatic nitrogens is 4. The summed E-state index contributed by atoms with van der Waals surface area (Å²) in [6, 6.07) is 4.77. The maximum absolute atomic E-state index is 13.8. The second kappa shape index (κ2) is 9.93. The summed E-state index contributed by atoms with van der Waals surface area (Å²) in [5.74, 6) is 0.0281. The molecule has 1 saturated heterocycles. The summed E-state index contributed by atoms with van der Waals surface area (Å²) >= 11 is 0. The van der Waals surface area contributed by atoms with Crippen LogP contribution in [0.25, 0.3) is 11.2 Å². The van der Waals surface area contributed by atoms with Gasteiger partial charge in [-0.15, -0.1) is 0 Å². The van der Waals surface area contributed by atoms with Gasteiger partial charge in [0.2, 0.25) is 5.95 Å². The van der Waals surface area contributed by atoms with E-state index in [0.29, 0.717) is 24.8 Å². The van der Waals surface area contributed by atoms with E-state index in [1.807, 2.05) is 24.8 Å². The molecule has 4 heterocycles. The van der Waals surface area contributed by atoms with Gasteiger partial charge in [0.25, 0.3) is 11.5 Å². The van der Waals surface area contributed by atoms with Crippen molar-refractivity contribution in [1.82, 2.24) is 18.7 Å². The third-order valence-electron chi connectivity index (χ3n) is 6.89. The lowest BCUT2D eigenvalue weighted by Gasteiger charge is -2.31. The standard InChI is InChI=1S/C26H31N7O5/c1-15(2)9-11-32-22-23(29-25(32)31-10-5-6-16(27)12-31)30(3)26(37)33(24(22)36)13-18(34)17-7-4-8-19-21(17)28-20(35)14-38-19/h4,7-9,16H,5-6,10-14,27H2,1-3H3,(H,28,35). The fourth-order valence-corrected chi connectivity index (χ4v) is 4.94. The van der Waals surface area contributed by atoms with Crippen LogP contribution in [0.4, 0.5) is 11.6 Å². The smallest absolute Gasteiger partial charge is 0.332 e. The number of nitrogens with zero attached hydrogens (tertiary/aromatic N) is 5. The van der Waals surface area contributed by atoms with Gasteiger partial charge in [0.15, 0.2) is 23.6 Å². The summed E-state index contributed by atoms with van der Waals surface area (Å²) < 4.78 is 9.41. The third-order valence-corrected chi connectivity index (χ3v) is 6.89. The number of benzene rings is 1. The van der Waals surface area contributed by atoms with Gasteiger partial charge < -0.3 is 25.3 Å². The van der Waals surface area contributed by atoms with E-state index in [2.05, 4.69) is 5.32 Å². The highest BCUT2D eigenvalue weighted by Crippen LogP contribution is 2.31. The molecule has 1 amide bonds. The van der Waals surface area contributed by atoms with E-state index in [1.54, 1.807) is 16.7 Å². The highest BCUT2D eigenvalue weighted by molar-refractivity contribution is 6.07. The van der Waals surface area contributed by atoms with Crippen LogP contribution >= 0.6 is 0 Å². The van der Waals surface area contributed by atoms with Crippen LogP contribution in [0, 0.1) is 0 Å². The number of allylic oxidation sites excluding steroid dienone is 2. The second-order valence-electron chi connectivity index (χ2n) is 10.00. The highest BCUT2D eigenvalue weighted by atomic mass is 16.5. The number of anilines is 2. The second-order valence-corrected chi connectivity index (χ2v) is 10.00. The minimum absolute atomic E-state index is 0.0140. The first-order valence-electron chi connectivity index (χ1n) is 12.6. The first-order valence-corrected chi connectivity index (χ1v) is 12.6. The van der Waals surface area contributed by atoms with Crippen molar-refractivity contribution in [3.05, 3.63) is 56.2 Å². The summed E-state index contributed by atoms with van der Waals surface area (Å²) in [6.07, 6.45) is 3.78. The van der Waals surface area contributed by atoms with Crippen molar-refractivity contribution < 1.29 is 14.3 Å². The number of fused-ring (bicyclic) bond motifs is 2. The number of Topliss-reactive ketones (excluding diaryl/α,β-unsaturated/α-hetero) is 1. The van der Waals surface area contributed by atoms with Crippen molar-refractivity contribution in [2.45, 2.75) is 45.8 Å². The lowest BCUT2D eigenvalue weighted by atomic mass is 10.1. The first kappa shape index (κ1) is 25.5. The van der Waals surface area contributed by atoms with Gasteiger partial charge >= 0.3 is 5.69 Å². The Bertz CT molecular complexity index is 1590. The van der Waals surface area contributed by atoms with E-state index in [4.69, 9.17) is 15.5 Å². The topological polar surface area (TPSA) is 146 Å². The predicted molar refractivity (Wildman–Crippen MR) is 143 cm³/mol. The predicted octanol–water partition coefficient (Wildman–Crippen LogP) is 1.00. The van der Waals surface area contributed by atoms with Crippen molar-refractivity contribution in [3.8, 4) is 5.75 Å². The molecule has 2 aromatic heterocycles. The number of carbonyl (C=O) groups excluding carboxylic acids is 2. The molecule has 0 aliphatic carbocycles. The van der Waals surface area contributed by atoms with Gasteiger partial charge in [0.05, 0.1) is 12.2 Å². The number of amides is 1. The Balaban J connectivity index is 1.63. The number of ether oxygens (including phenoxy) is 1. The number of carbonyl (C=O) groups is 2. The molecule has 0 radical (unpaired) electrons. The van der Waals surface area contributed by atoms with Crippen molar-refractivity contribution >= 4 is 34.5 Å². The molecule has 1 atom stereocenters. The van der Waals surface area contributed by atoms with Gasteiger partial charge in [-0.3, -0.25) is 23.5 Å². The van der Waals surface area contributed by atoms with Crippen LogP contribution in [0.2, 0.25) is 0 Å². The third kappa shape index (κ3) is 4.51. The van der Waals surface area contributed by atoms with Crippen molar-refractivity contribution in [3.63, 3.8) is 0 Å². The normalized spacial score (nSPS) is 17.1. The van der Waals surface area contributed by atoms with E-state index in [0.717, 1.165) is 29.5 Å². The molecule has 1 fully saturated rings. The quantitative estimate of drug-likeness (QED) is 0.361. The number of nitrogens with two attached hydrogens (primary N) is 1. The fourth-order valence-electron chi connectivity index (χ4n) is 4.94. The summed E-state index contributed by atoms with van der Waals surface area (Å²) in [5, 5.41) is 2.65. The Labute approximate surface area is 218 Å². The summed E-state index contributed by atoms with van der Waals surface area (Å²) in [7, 11) is 1.54. The van der Waals surface area contributed by atoms with Crippen LogP contribution in [0.1, 0.15) is 37.0 Å². The molecule has 200 valence electrons. The Hall–Kier alpha value is -4.19. The minimum Gasteiger partial charge on any atom is -0.482 e. The number of imidazole rings is 1. The SMILES string of the molecule is CC(C)=CCn1c(N2CCCC(N)C2)nc2c1c(=O)n(CC(=O)c1cccc3c1NC(=O)CO3)c(=O)n2C. The maximum Gasteiger partial charge on any atom is 0.332 e. The van der Waals surface area contributed by atoms with Crippen LogP contribution in [0.15, 0.2) is 39.4 Å². The Morgan fingerprint density at radius 2 is 2.03 bits per heavy atom. The van der Waals surface area contributed by atoms with E-state index in [-0.39, 0.29) is 41.0 Å². The minimum atomic E-state index is -0.658. The number of rotatable bonds is 6. The molecule has 12 heteroatoms. The molecular weight excluding hydrogens is 490 g/mol. The monoisotopic (exact) mass is 521 g/mol. The molecule has 2 aliphatic rings. The zero-order valence-electron chi connectivity index (χ0n) is 21.7. The first-order chi connectivity index (χ1) is 18.2. The van der Waals surface area contributed by atoms with Crippen molar-refractivity contribution in [2.75, 3.05) is 29.9 Å². The van der Waals surface area contributed by atoms with Crippen LogP contribution in [0.3, 0.4) is 0 Å². The van der Waals surface area contributed by atoms with Crippen LogP contribution in [-0.2, 0) is 24.9 Å². The largest absolute Gasteiger partial charge is 0.482 e. The number of hydrogen-bond acceptors (Lipinski definition) is 8. The molecular formula is C26H31N7O5. The number of aryl methyl sites for hydroxylation is 1. The van der Waals surface area contributed by atoms with Gasteiger partial charge in [-0.2, -0.15) is 4.98 Å².